The molecule has 1 atom stereocenters. The number of alkyl halides is 1. The minimum absolute atomic E-state index is 0.348. The quantitative estimate of drug-likeness (QED) is 0.729. The highest BCUT2D eigenvalue weighted by atomic mass is 35.5. The van der Waals surface area contributed by atoms with Gasteiger partial charge in [-0.25, -0.2) is 4.98 Å². The molecule has 3 nitrogen and oxygen atoms in total. The second-order valence-corrected chi connectivity index (χ2v) is 3.41. The van der Waals surface area contributed by atoms with Crippen LogP contribution < -0.4 is 5.73 Å². The van der Waals surface area contributed by atoms with Crippen LogP contribution in [0.5, 0.6) is 0 Å². The zero-order valence-corrected chi connectivity index (χ0v) is 8.67. The number of nitrogens with zero attached hydrogens (tertiary/aromatic N) is 2. The van der Waals surface area contributed by atoms with Crippen molar-refractivity contribution >= 4 is 11.6 Å². The molecule has 2 N–H and O–H groups in total. The van der Waals surface area contributed by atoms with E-state index in [9.17, 15) is 0 Å². The van der Waals surface area contributed by atoms with Gasteiger partial charge in [0.2, 0.25) is 0 Å². The minimum Gasteiger partial charge on any atom is -0.335 e. The second-order valence-electron chi connectivity index (χ2n) is 3.11. The van der Waals surface area contributed by atoms with Gasteiger partial charge in [0.25, 0.3) is 0 Å². The number of imidazole rings is 1. The number of hydrogen-bond donors (Lipinski definition) is 1. The lowest BCUT2D eigenvalue weighted by Gasteiger charge is -2.13. The van der Waals surface area contributed by atoms with Gasteiger partial charge in [-0.3, -0.25) is 0 Å². The summed E-state index contributed by atoms with van der Waals surface area (Å²) in [6, 6.07) is 0. The molecule has 0 fully saturated rings. The van der Waals surface area contributed by atoms with E-state index in [0.29, 0.717) is 18.3 Å². The van der Waals surface area contributed by atoms with E-state index in [4.69, 9.17) is 17.3 Å². The summed E-state index contributed by atoms with van der Waals surface area (Å²) in [6.07, 6.45) is 4.75. The number of hydrogen-bond acceptors (Lipinski definition) is 2. The third-order valence-electron chi connectivity index (χ3n) is 2.12. The maximum atomic E-state index is 5.77. The first-order valence-corrected chi connectivity index (χ1v) is 5.11. The van der Waals surface area contributed by atoms with Crippen molar-refractivity contribution in [1.82, 2.24) is 9.55 Å². The van der Waals surface area contributed by atoms with Crippen molar-refractivity contribution in [2.24, 2.45) is 11.7 Å². The van der Waals surface area contributed by atoms with Gasteiger partial charge in [0.05, 0.1) is 0 Å². The summed E-state index contributed by atoms with van der Waals surface area (Å²) in [5.74, 6) is 2.06. The van der Waals surface area contributed by atoms with E-state index in [0.717, 1.165) is 18.8 Å². The average molecular weight is 202 g/mol. The van der Waals surface area contributed by atoms with E-state index < -0.39 is 0 Å². The number of rotatable bonds is 5. The van der Waals surface area contributed by atoms with Crippen molar-refractivity contribution in [2.45, 2.75) is 19.9 Å². The Kier molecular flexibility index (Phi) is 4.25. The van der Waals surface area contributed by atoms with Crippen molar-refractivity contribution < 1.29 is 0 Å². The van der Waals surface area contributed by atoms with Crippen LogP contribution in [0.1, 0.15) is 12.7 Å². The monoisotopic (exact) mass is 201 g/mol. The van der Waals surface area contributed by atoms with Gasteiger partial charge < -0.3 is 10.3 Å². The lowest BCUT2D eigenvalue weighted by molar-refractivity contribution is 0.485. The molecule has 0 bridgehead atoms. The fourth-order valence-corrected chi connectivity index (χ4v) is 1.51. The molecule has 1 aromatic rings. The Labute approximate surface area is 83.9 Å². The van der Waals surface area contributed by atoms with Crippen LogP contribution in [0.4, 0.5) is 0 Å². The highest BCUT2D eigenvalue weighted by Crippen LogP contribution is 2.06. The molecular formula is C9H16ClN3. The fourth-order valence-electron chi connectivity index (χ4n) is 1.29. The largest absolute Gasteiger partial charge is 0.335 e. The molecule has 1 rings (SSSR count). The highest BCUT2D eigenvalue weighted by Gasteiger charge is 2.07. The van der Waals surface area contributed by atoms with Crippen molar-refractivity contribution in [3.8, 4) is 0 Å². The van der Waals surface area contributed by atoms with E-state index in [-0.39, 0.29) is 0 Å². The van der Waals surface area contributed by atoms with E-state index in [1.807, 2.05) is 12.4 Å². The molecule has 1 unspecified atom stereocenters. The summed E-state index contributed by atoms with van der Waals surface area (Å²) in [6.45, 7) is 3.60. The smallest absolute Gasteiger partial charge is 0.108 e. The first-order chi connectivity index (χ1) is 6.31. The number of halogens is 1. The SMILES string of the molecule is CCc1nccn1CC(CN)CCl. The van der Waals surface area contributed by atoms with Gasteiger partial charge in [-0.1, -0.05) is 6.92 Å². The molecule has 0 saturated heterocycles. The summed E-state index contributed by atoms with van der Waals surface area (Å²) >= 11 is 5.77. The Morgan fingerprint density at radius 2 is 2.46 bits per heavy atom. The number of nitrogens with two attached hydrogens (primary N) is 1. The van der Waals surface area contributed by atoms with Gasteiger partial charge in [-0.2, -0.15) is 0 Å². The lowest BCUT2D eigenvalue weighted by Crippen LogP contribution is -2.22. The zero-order valence-electron chi connectivity index (χ0n) is 7.91. The third-order valence-corrected chi connectivity index (χ3v) is 2.56. The standard InChI is InChI=1S/C9H16ClN3/c1-2-9-12-3-4-13(9)7-8(5-10)6-11/h3-4,8H,2,5-7,11H2,1H3. The second kappa shape index (κ2) is 5.25. The van der Waals surface area contributed by atoms with Crippen LogP contribution in [-0.4, -0.2) is 22.0 Å². The molecular weight excluding hydrogens is 186 g/mol. The molecule has 0 aliphatic carbocycles. The van der Waals surface area contributed by atoms with Crippen LogP contribution in [-0.2, 0) is 13.0 Å². The van der Waals surface area contributed by atoms with Gasteiger partial charge in [-0.05, 0) is 6.54 Å². The first kappa shape index (κ1) is 10.5. The van der Waals surface area contributed by atoms with Crippen LogP contribution in [0.2, 0.25) is 0 Å². The van der Waals surface area contributed by atoms with Crippen molar-refractivity contribution in [3.63, 3.8) is 0 Å². The Morgan fingerprint density at radius 1 is 1.69 bits per heavy atom. The van der Waals surface area contributed by atoms with Gasteiger partial charge >= 0.3 is 0 Å². The maximum Gasteiger partial charge on any atom is 0.108 e. The topological polar surface area (TPSA) is 43.8 Å². The van der Waals surface area contributed by atoms with E-state index >= 15 is 0 Å². The molecule has 1 heterocycles. The van der Waals surface area contributed by atoms with Crippen LogP contribution in [0.3, 0.4) is 0 Å². The maximum absolute atomic E-state index is 5.77. The Hall–Kier alpha value is -0.540. The third kappa shape index (κ3) is 2.71. The molecule has 4 heteroatoms. The Balaban J connectivity index is 2.61. The predicted molar refractivity (Wildman–Crippen MR) is 54.9 cm³/mol. The summed E-state index contributed by atoms with van der Waals surface area (Å²) in [4.78, 5) is 4.24. The van der Waals surface area contributed by atoms with E-state index in [1.54, 1.807) is 0 Å². The van der Waals surface area contributed by atoms with Crippen molar-refractivity contribution in [3.05, 3.63) is 18.2 Å². The highest BCUT2D eigenvalue weighted by molar-refractivity contribution is 6.18. The normalized spacial score (nSPS) is 13.2. The summed E-state index contributed by atoms with van der Waals surface area (Å²) < 4.78 is 2.12. The van der Waals surface area contributed by atoms with Gasteiger partial charge in [0.1, 0.15) is 5.82 Å². The Bertz CT molecular complexity index is 243. The number of aryl methyl sites for hydroxylation is 1. The summed E-state index contributed by atoms with van der Waals surface area (Å²) in [7, 11) is 0. The molecule has 74 valence electrons. The fraction of sp³-hybridized carbons (Fsp3) is 0.667. The Morgan fingerprint density at radius 3 is 3.00 bits per heavy atom. The van der Waals surface area contributed by atoms with Crippen LogP contribution in [0, 0.1) is 5.92 Å². The molecule has 0 aromatic carbocycles. The van der Waals surface area contributed by atoms with Gasteiger partial charge in [0.15, 0.2) is 0 Å². The van der Waals surface area contributed by atoms with Crippen molar-refractivity contribution in [2.75, 3.05) is 12.4 Å². The van der Waals surface area contributed by atoms with Crippen LogP contribution >= 0.6 is 11.6 Å². The van der Waals surface area contributed by atoms with Crippen LogP contribution in [0.15, 0.2) is 12.4 Å². The van der Waals surface area contributed by atoms with Crippen LogP contribution in [0.25, 0.3) is 0 Å². The van der Waals surface area contributed by atoms with Crippen molar-refractivity contribution in [1.29, 1.82) is 0 Å². The molecule has 1 aromatic heterocycles. The summed E-state index contributed by atoms with van der Waals surface area (Å²) in [5, 5.41) is 0. The van der Waals surface area contributed by atoms with Gasteiger partial charge in [-0.15, -0.1) is 11.6 Å². The molecule has 0 spiro atoms. The summed E-state index contributed by atoms with van der Waals surface area (Å²) in [5.41, 5.74) is 5.57. The molecule has 13 heavy (non-hydrogen) atoms. The molecule has 0 radical (unpaired) electrons. The van der Waals surface area contributed by atoms with Gasteiger partial charge in [0, 0.05) is 37.2 Å². The first-order valence-electron chi connectivity index (χ1n) is 4.57. The molecule has 0 saturated carbocycles. The molecule has 0 aliphatic rings. The molecule has 0 amide bonds. The van der Waals surface area contributed by atoms with E-state index in [2.05, 4.69) is 16.5 Å². The van der Waals surface area contributed by atoms with E-state index in [1.165, 1.54) is 0 Å². The predicted octanol–water partition coefficient (Wildman–Crippen LogP) is 1.26. The average Bonchev–Trinajstić information content (AvgIpc) is 2.61. The molecule has 0 aliphatic heterocycles. The minimum atomic E-state index is 0.348. The number of aromatic nitrogens is 2. The zero-order chi connectivity index (χ0) is 9.68. The lowest BCUT2D eigenvalue weighted by atomic mass is 10.2.